The maximum absolute atomic E-state index is 13.7. The Morgan fingerprint density at radius 1 is 0.902 bits per heavy atom. The van der Waals surface area contributed by atoms with E-state index in [-0.39, 0.29) is 30.3 Å². The highest BCUT2D eigenvalue weighted by molar-refractivity contribution is 6.09. The lowest BCUT2D eigenvalue weighted by molar-refractivity contribution is -0.947. The minimum Gasteiger partial charge on any atom is -0.459 e. The number of para-hydroxylation sites is 1. The molecule has 2 unspecified atom stereocenters. The lowest BCUT2D eigenvalue weighted by Crippen LogP contribution is -2.63. The number of piperidine rings is 1. The summed E-state index contributed by atoms with van der Waals surface area (Å²) in [7, 11) is 0. The Morgan fingerprint density at radius 2 is 1.59 bits per heavy atom. The van der Waals surface area contributed by atoms with Crippen molar-refractivity contribution in [2.24, 2.45) is 0 Å². The summed E-state index contributed by atoms with van der Waals surface area (Å²) in [4.78, 5) is 39.7. The number of nitrogens with zero attached hydrogens (tertiary/aromatic N) is 1. The van der Waals surface area contributed by atoms with Gasteiger partial charge in [0, 0.05) is 23.2 Å². The van der Waals surface area contributed by atoms with Crippen molar-refractivity contribution in [2.75, 3.05) is 31.6 Å². The molecule has 0 aromatic heterocycles. The Hall–Kier alpha value is -3.77. The summed E-state index contributed by atoms with van der Waals surface area (Å²) in [6.07, 6.45) is 3.84. The molecule has 1 amide bonds. The van der Waals surface area contributed by atoms with Crippen LogP contribution in [-0.4, -0.2) is 54.4 Å². The second-order valence-corrected chi connectivity index (χ2v) is 11.4. The normalized spacial score (nSPS) is 19.3. The molecule has 216 valence electrons. The van der Waals surface area contributed by atoms with Gasteiger partial charge < -0.3 is 14.5 Å². The molecule has 3 aromatic rings. The molecule has 3 atom stereocenters. The number of likely N-dealkylation sites (tertiary alicyclic amines) is 1. The molecule has 0 bridgehead atoms. The van der Waals surface area contributed by atoms with Crippen LogP contribution in [-0.2, 0) is 14.3 Å². The highest BCUT2D eigenvalue weighted by atomic mass is 16.5. The lowest BCUT2D eigenvalue weighted by atomic mass is 9.95. The molecule has 6 heteroatoms. The first-order chi connectivity index (χ1) is 19.8. The van der Waals surface area contributed by atoms with Crippen LogP contribution in [0.15, 0.2) is 72.8 Å². The Labute approximate surface area is 244 Å². The van der Waals surface area contributed by atoms with Gasteiger partial charge in [-0.1, -0.05) is 73.7 Å². The number of anilines is 1. The van der Waals surface area contributed by atoms with E-state index in [0.717, 1.165) is 61.2 Å². The van der Waals surface area contributed by atoms with Crippen LogP contribution in [0.25, 0.3) is 0 Å². The zero-order valence-electron chi connectivity index (χ0n) is 24.8. The Bertz CT molecular complexity index is 1350. The van der Waals surface area contributed by atoms with Gasteiger partial charge in [0.2, 0.25) is 0 Å². The number of amides is 1. The molecule has 4 rings (SSSR count). The molecule has 0 saturated carbocycles. The SMILES string of the molecule is CCC[N+]1(CCOC(=O)C(C)c2cccc(C(=O)c3ccccc3)c2)CCCC[C@H]1C(=O)Nc1c(C)cccc1C. The van der Waals surface area contributed by atoms with Crippen molar-refractivity contribution < 1.29 is 23.6 Å². The third-order valence-corrected chi connectivity index (χ3v) is 8.51. The van der Waals surface area contributed by atoms with Crippen molar-refractivity contribution in [3.8, 4) is 0 Å². The third kappa shape index (κ3) is 7.12. The van der Waals surface area contributed by atoms with Gasteiger partial charge in [-0.2, -0.15) is 0 Å². The van der Waals surface area contributed by atoms with Crippen LogP contribution in [0.3, 0.4) is 0 Å². The molecule has 0 spiro atoms. The van der Waals surface area contributed by atoms with Crippen molar-refractivity contribution >= 4 is 23.3 Å². The van der Waals surface area contributed by atoms with Crippen LogP contribution in [0.2, 0.25) is 0 Å². The van der Waals surface area contributed by atoms with E-state index in [1.807, 2.05) is 69.3 Å². The molecular weight excluding hydrogens is 512 g/mol. The molecule has 1 heterocycles. The van der Waals surface area contributed by atoms with E-state index in [4.69, 9.17) is 4.74 Å². The molecule has 0 radical (unpaired) electrons. The van der Waals surface area contributed by atoms with E-state index in [9.17, 15) is 14.4 Å². The number of hydrogen-bond donors (Lipinski definition) is 1. The van der Waals surface area contributed by atoms with Crippen molar-refractivity contribution in [2.45, 2.75) is 65.3 Å². The van der Waals surface area contributed by atoms with Crippen LogP contribution in [0.4, 0.5) is 5.69 Å². The largest absolute Gasteiger partial charge is 0.459 e. The third-order valence-electron chi connectivity index (χ3n) is 8.51. The van der Waals surface area contributed by atoms with Gasteiger partial charge in [-0.15, -0.1) is 0 Å². The fraction of sp³-hybridized carbons (Fsp3) is 0.400. The zero-order chi connectivity index (χ0) is 29.4. The quantitative estimate of drug-likeness (QED) is 0.164. The van der Waals surface area contributed by atoms with Crippen molar-refractivity contribution in [1.29, 1.82) is 0 Å². The average Bonchev–Trinajstić information content (AvgIpc) is 2.99. The van der Waals surface area contributed by atoms with Gasteiger partial charge in [-0.25, -0.2) is 0 Å². The number of rotatable bonds is 11. The van der Waals surface area contributed by atoms with Gasteiger partial charge in [0.05, 0.1) is 19.0 Å². The monoisotopic (exact) mass is 555 g/mol. The summed E-state index contributed by atoms with van der Waals surface area (Å²) in [5.74, 6) is -0.857. The average molecular weight is 556 g/mol. The van der Waals surface area contributed by atoms with Gasteiger partial charge in [0.25, 0.3) is 5.91 Å². The summed E-state index contributed by atoms with van der Waals surface area (Å²) in [6, 6.07) is 22.2. The van der Waals surface area contributed by atoms with E-state index in [1.54, 1.807) is 24.3 Å². The molecule has 1 aliphatic rings. The number of hydrogen-bond acceptors (Lipinski definition) is 4. The standard InChI is InChI=1S/C35H42N2O4/c1-5-20-37(21-10-9-19-31(37)34(39)36-32-25(2)13-11-14-26(32)3)22-23-41-35(40)27(4)29-17-12-18-30(24-29)33(38)28-15-7-6-8-16-28/h6-8,11-18,24,27,31H,5,9-10,19-23H2,1-4H3/p+1/t27?,31-,37?/m0/s1. The molecule has 3 aromatic carbocycles. The van der Waals surface area contributed by atoms with Crippen molar-refractivity contribution in [1.82, 2.24) is 0 Å². The fourth-order valence-electron chi connectivity index (χ4n) is 6.18. The minimum absolute atomic E-state index is 0.0511. The number of quaternary nitrogens is 1. The molecular formula is C35H43N2O4+. The van der Waals surface area contributed by atoms with Crippen LogP contribution in [0.1, 0.15) is 78.1 Å². The predicted molar refractivity (Wildman–Crippen MR) is 163 cm³/mol. The number of esters is 1. The minimum atomic E-state index is -0.511. The smallest absolute Gasteiger partial charge is 0.313 e. The fourth-order valence-corrected chi connectivity index (χ4v) is 6.18. The summed E-state index contributed by atoms with van der Waals surface area (Å²) < 4.78 is 6.47. The van der Waals surface area contributed by atoms with Gasteiger partial charge >= 0.3 is 5.97 Å². The Kier molecular flexibility index (Phi) is 10.1. The van der Waals surface area contributed by atoms with Crippen LogP contribution in [0, 0.1) is 13.8 Å². The predicted octanol–water partition coefficient (Wildman–Crippen LogP) is 6.60. The van der Waals surface area contributed by atoms with Crippen molar-refractivity contribution in [3.05, 3.63) is 101 Å². The molecule has 6 nitrogen and oxygen atoms in total. The van der Waals surface area contributed by atoms with Gasteiger partial charge in [0.15, 0.2) is 11.8 Å². The van der Waals surface area contributed by atoms with Gasteiger partial charge in [-0.05, 0) is 62.8 Å². The summed E-state index contributed by atoms with van der Waals surface area (Å²) in [5.41, 5.74) is 4.92. The van der Waals surface area contributed by atoms with E-state index < -0.39 is 5.92 Å². The number of carbonyl (C=O) groups excluding carboxylic acids is 3. The zero-order valence-corrected chi connectivity index (χ0v) is 24.8. The number of nitrogens with one attached hydrogen (secondary N) is 1. The number of benzene rings is 3. The summed E-state index contributed by atoms with van der Waals surface area (Å²) in [6.45, 7) is 10.6. The van der Waals surface area contributed by atoms with E-state index in [0.29, 0.717) is 22.2 Å². The number of carbonyl (C=O) groups is 3. The molecule has 1 fully saturated rings. The van der Waals surface area contributed by atoms with Crippen LogP contribution >= 0.6 is 0 Å². The van der Waals surface area contributed by atoms with Crippen LogP contribution < -0.4 is 5.32 Å². The number of ether oxygens (including phenoxy) is 1. The molecule has 41 heavy (non-hydrogen) atoms. The number of aryl methyl sites for hydroxylation is 2. The number of ketones is 1. The first-order valence-corrected chi connectivity index (χ1v) is 14.8. The van der Waals surface area contributed by atoms with E-state index in [1.165, 1.54) is 0 Å². The first-order valence-electron chi connectivity index (χ1n) is 14.8. The second kappa shape index (κ2) is 13.7. The highest BCUT2D eigenvalue weighted by Crippen LogP contribution is 2.29. The topological polar surface area (TPSA) is 72.5 Å². The van der Waals surface area contributed by atoms with E-state index in [2.05, 4.69) is 12.2 Å². The highest BCUT2D eigenvalue weighted by Gasteiger charge is 2.43. The van der Waals surface area contributed by atoms with E-state index >= 15 is 0 Å². The van der Waals surface area contributed by atoms with Gasteiger partial charge in [0.1, 0.15) is 13.2 Å². The Morgan fingerprint density at radius 3 is 2.29 bits per heavy atom. The lowest BCUT2D eigenvalue weighted by Gasteiger charge is -2.46. The van der Waals surface area contributed by atoms with Crippen LogP contribution in [0.5, 0.6) is 0 Å². The summed E-state index contributed by atoms with van der Waals surface area (Å²) in [5, 5.41) is 3.24. The Balaban J connectivity index is 1.43. The molecule has 0 aliphatic carbocycles. The van der Waals surface area contributed by atoms with Crippen molar-refractivity contribution in [3.63, 3.8) is 0 Å². The molecule has 1 N–H and O–H groups in total. The second-order valence-electron chi connectivity index (χ2n) is 11.4. The maximum atomic E-state index is 13.7. The summed E-state index contributed by atoms with van der Waals surface area (Å²) >= 11 is 0. The van der Waals surface area contributed by atoms with Gasteiger partial charge in [-0.3, -0.25) is 14.4 Å². The molecule has 1 saturated heterocycles. The molecule has 1 aliphatic heterocycles. The maximum Gasteiger partial charge on any atom is 0.313 e. The first kappa shape index (κ1) is 30.2.